The molecule has 0 aliphatic carbocycles. The molecule has 0 saturated carbocycles. The zero-order chi connectivity index (χ0) is 13.7. The van der Waals surface area contributed by atoms with E-state index in [4.69, 9.17) is 0 Å². The summed E-state index contributed by atoms with van der Waals surface area (Å²) in [5.41, 5.74) is 0.369. The lowest BCUT2D eigenvalue weighted by Crippen LogP contribution is -2.29. The second kappa shape index (κ2) is 5.90. The molecular formula is C13H11F2N3O. The summed E-state index contributed by atoms with van der Waals surface area (Å²) < 4.78 is 26.6. The van der Waals surface area contributed by atoms with Crippen molar-refractivity contribution in [3.63, 3.8) is 0 Å². The first-order chi connectivity index (χ1) is 9.16. The van der Waals surface area contributed by atoms with E-state index in [1.165, 1.54) is 6.07 Å². The number of pyridine rings is 1. The molecule has 2 rings (SSSR count). The number of carbonyl (C=O) groups is 1. The SMILES string of the molecule is O=C(NCc1ccncc1)Nc1c(F)cccc1F. The van der Waals surface area contributed by atoms with Crippen LogP contribution in [0, 0.1) is 11.6 Å². The average molecular weight is 263 g/mol. The molecule has 6 heteroatoms. The molecule has 0 saturated heterocycles. The van der Waals surface area contributed by atoms with Crippen molar-refractivity contribution in [1.29, 1.82) is 0 Å². The molecular weight excluding hydrogens is 252 g/mol. The highest BCUT2D eigenvalue weighted by Crippen LogP contribution is 2.17. The number of para-hydroxylation sites is 1. The fourth-order valence-corrected chi connectivity index (χ4v) is 1.46. The van der Waals surface area contributed by atoms with E-state index in [0.717, 1.165) is 17.7 Å². The molecule has 0 bridgehead atoms. The Balaban J connectivity index is 1.95. The summed E-state index contributed by atoms with van der Waals surface area (Å²) in [4.78, 5) is 15.4. The summed E-state index contributed by atoms with van der Waals surface area (Å²) in [7, 11) is 0. The lowest BCUT2D eigenvalue weighted by Gasteiger charge is -2.09. The summed E-state index contributed by atoms with van der Waals surface area (Å²) in [6, 6.07) is 6.14. The number of halogens is 2. The van der Waals surface area contributed by atoms with E-state index in [9.17, 15) is 13.6 Å². The van der Waals surface area contributed by atoms with Crippen LogP contribution >= 0.6 is 0 Å². The smallest absolute Gasteiger partial charge is 0.319 e. The van der Waals surface area contributed by atoms with Crippen LogP contribution in [-0.4, -0.2) is 11.0 Å². The van der Waals surface area contributed by atoms with E-state index < -0.39 is 23.4 Å². The topological polar surface area (TPSA) is 54.0 Å². The molecule has 19 heavy (non-hydrogen) atoms. The number of nitrogens with one attached hydrogen (secondary N) is 2. The molecule has 0 unspecified atom stereocenters. The number of aromatic nitrogens is 1. The summed E-state index contributed by atoms with van der Waals surface area (Å²) >= 11 is 0. The predicted molar refractivity (Wildman–Crippen MR) is 66.5 cm³/mol. The fourth-order valence-electron chi connectivity index (χ4n) is 1.46. The van der Waals surface area contributed by atoms with Crippen LogP contribution in [0.5, 0.6) is 0 Å². The molecule has 0 aliphatic rings. The third kappa shape index (κ3) is 3.48. The first kappa shape index (κ1) is 12.9. The molecule has 1 aromatic heterocycles. The van der Waals surface area contributed by atoms with Gasteiger partial charge < -0.3 is 10.6 Å². The van der Waals surface area contributed by atoms with Crippen LogP contribution in [0.15, 0.2) is 42.7 Å². The second-order valence-electron chi connectivity index (χ2n) is 3.76. The van der Waals surface area contributed by atoms with Gasteiger partial charge >= 0.3 is 6.03 Å². The van der Waals surface area contributed by atoms with Gasteiger partial charge in [0.05, 0.1) is 0 Å². The molecule has 1 heterocycles. The minimum Gasteiger partial charge on any atom is -0.334 e. The van der Waals surface area contributed by atoms with Gasteiger partial charge in [0, 0.05) is 18.9 Å². The molecule has 0 radical (unpaired) electrons. The van der Waals surface area contributed by atoms with Crippen LogP contribution in [0.4, 0.5) is 19.3 Å². The predicted octanol–water partition coefficient (Wildman–Crippen LogP) is 2.68. The van der Waals surface area contributed by atoms with Gasteiger partial charge in [-0.05, 0) is 29.8 Å². The molecule has 98 valence electrons. The van der Waals surface area contributed by atoms with Gasteiger partial charge in [0.2, 0.25) is 0 Å². The maximum absolute atomic E-state index is 13.3. The number of amides is 2. The highest BCUT2D eigenvalue weighted by Gasteiger charge is 2.11. The first-order valence-corrected chi connectivity index (χ1v) is 5.54. The van der Waals surface area contributed by atoms with Gasteiger partial charge in [0.15, 0.2) is 0 Å². The second-order valence-corrected chi connectivity index (χ2v) is 3.76. The zero-order valence-corrected chi connectivity index (χ0v) is 9.86. The normalized spacial score (nSPS) is 10.0. The number of anilines is 1. The van der Waals surface area contributed by atoms with Crippen LogP contribution in [0.3, 0.4) is 0 Å². The summed E-state index contributed by atoms with van der Waals surface area (Å²) in [5, 5.41) is 4.62. The van der Waals surface area contributed by atoms with Crippen LogP contribution in [0.25, 0.3) is 0 Å². The van der Waals surface area contributed by atoms with Crippen LogP contribution in [0.1, 0.15) is 5.56 Å². The van der Waals surface area contributed by atoms with Crippen molar-refractivity contribution in [3.05, 3.63) is 59.9 Å². The Kier molecular flexibility index (Phi) is 4.02. The molecule has 0 fully saturated rings. The largest absolute Gasteiger partial charge is 0.334 e. The van der Waals surface area contributed by atoms with Crippen LogP contribution < -0.4 is 10.6 Å². The summed E-state index contributed by atoms with van der Waals surface area (Å²) in [6.07, 6.45) is 3.18. The first-order valence-electron chi connectivity index (χ1n) is 5.54. The standard InChI is InChI=1S/C13H11F2N3O/c14-10-2-1-3-11(15)12(10)18-13(19)17-8-9-4-6-16-7-5-9/h1-7H,8H2,(H2,17,18,19). The monoisotopic (exact) mass is 263 g/mol. The van der Waals surface area contributed by atoms with Gasteiger partial charge in [-0.1, -0.05) is 6.07 Å². The number of nitrogens with zero attached hydrogens (tertiary/aromatic N) is 1. The Bertz CT molecular complexity index is 555. The molecule has 1 aromatic carbocycles. The number of carbonyl (C=O) groups excluding carboxylic acids is 1. The van der Waals surface area contributed by atoms with Crippen molar-refractivity contribution in [2.75, 3.05) is 5.32 Å². The Labute approximate surface area is 108 Å². The van der Waals surface area contributed by atoms with Crippen molar-refractivity contribution in [3.8, 4) is 0 Å². The summed E-state index contributed by atoms with van der Waals surface area (Å²) in [6.45, 7) is 0.241. The highest BCUT2D eigenvalue weighted by molar-refractivity contribution is 5.89. The van der Waals surface area contributed by atoms with Gasteiger partial charge in [-0.2, -0.15) is 0 Å². The van der Waals surface area contributed by atoms with E-state index in [2.05, 4.69) is 15.6 Å². The number of rotatable bonds is 3. The van der Waals surface area contributed by atoms with Crippen molar-refractivity contribution in [2.45, 2.75) is 6.54 Å². The Morgan fingerprint density at radius 1 is 1.11 bits per heavy atom. The minimum atomic E-state index is -0.820. The third-order valence-corrected chi connectivity index (χ3v) is 2.40. The number of urea groups is 1. The molecule has 0 aliphatic heterocycles. The van der Waals surface area contributed by atoms with Crippen LogP contribution in [-0.2, 0) is 6.54 Å². The number of benzene rings is 1. The van der Waals surface area contributed by atoms with Crippen molar-refractivity contribution < 1.29 is 13.6 Å². The van der Waals surface area contributed by atoms with Crippen molar-refractivity contribution in [2.24, 2.45) is 0 Å². The van der Waals surface area contributed by atoms with Gasteiger partial charge in [-0.3, -0.25) is 4.98 Å². The van der Waals surface area contributed by atoms with E-state index in [-0.39, 0.29) is 6.54 Å². The van der Waals surface area contributed by atoms with Crippen LogP contribution in [0.2, 0.25) is 0 Å². The molecule has 2 aromatic rings. The van der Waals surface area contributed by atoms with Gasteiger partial charge in [0.1, 0.15) is 17.3 Å². The van der Waals surface area contributed by atoms with Gasteiger partial charge in [-0.15, -0.1) is 0 Å². The molecule has 2 amide bonds. The lowest BCUT2D eigenvalue weighted by atomic mass is 10.3. The maximum Gasteiger partial charge on any atom is 0.319 e. The Morgan fingerprint density at radius 2 is 1.74 bits per heavy atom. The molecule has 0 atom stereocenters. The molecule has 0 spiro atoms. The fraction of sp³-hybridized carbons (Fsp3) is 0.0769. The van der Waals surface area contributed by atoms with Crippen molar-refractivity contribution in [1.82, 2.24) is 10.3 Å². The quantitative estimate of drug-likeness (QED) is 0.894. The maximum atomic E-state index is 13.3. The van der Waals surface area contributed by atoms with E-state index >= 15 is 0 Å². The van der Waals surface area contributed by atoms with Gasteiger partial charge in [-0.25, -0.2) is 13.6 Å². The minimum absolute atomic E-state index is 0.241. The lowest BCUT2D eigenvalue weighted by molar-refractivity contribution is 0.251. The number of hydrogen-bond donors (Lipinski definition) is 2. The number of hydrogen-bond acceptors (Lipinski definition) is 2. The highest BCUT2D eigenvalue weighted by atomic mass is 19.1. The van der Waals surface area contributed by atoms with E-state index in [1.807, 2.05) is 0 Å². The van der Waals surface area contributed by atoms with Gasteiger partial charge in [0.25, 0.3) is 0 Å². The van der Waals surface area contributed by atoms with E-state index in [1.54, 1.807) is 24.5 Å². The summed E-state index contributed by atoms with van der Waals surface area (Å²) in [5.74, 6) is -1.64. The average Bonchev–Trinajstić information content (AvgIpc) is 2.42. The molecule has 4 nitrogen and oxygen atoms in total. The third-order valence-electron chi connectivity index (χ3n) is 2.40. The zero-order valence-electron chi connectivity index (χ0n) is 9.86. The van der Waals surface area contributed by atoms with Crippen molar-refractivity contribution >= 4 is 11.7 Å². The Hall–Kier alpha value is -2.50. The van der Waals surface area contributed by atoms with E-state index in [0.29, 0.717) is 0 Å². The Morgan fingerprint density at radius 3 is 2.37 bits per heavy atom. The molecule has 2 N–H and O–H groups in total.